The van der Waals surface area contributed by atoms with Crippen LogP contribution in [-0.4, -0.2) is 27.6 Å². The van der Waals surface area contributed by atoms with E-state index in [0.717, 1.165) is 27.5 Å². The van der Waals surface area contributed by atoms with Crippen molar-refractivity contribution < 1.29 is 9.53 Å². The monoisotopic (exact) mass is 317 g/mol. The highest BCUT2D eigenvalue weighted by atomic mass is 16.5. The van der Waals surface area contributed by atoms with Crippen molar-refractivity contribution in [2.75, 3.05) is 6.61 Å². The van der Waals surface area contributed by atoms with E-state index >= 15 is 0 Å². The number of carbonyl (C=O) groups is 1. The average Bonchev–Trinajstić information content (AvgIpc) is 3.07. The zero-order valence-corrected chi connectivity index (χ0v) is 13.1. The van der Waals surface area contributed by atoms with Gasteiger partial charge in [-0.15, -0.1) is 10.2 Å². The van der Waals surface area contributed by atoms with Crippen molar-refractivity contribution in [1.29, 1.82) is 0 Å². The first kappa shape index (κ1) is 14.4. The number of aromatic nitrogens is 3. The highest BCUT2D eigenvalue weighted by molar-refractivity contribution is 6.03. The van der Waals surface area contributed by atoms with Crippen molar-refractivity contribution in [1.82, 2.24) is 15.0 Å². The summed E-state index contributed by atoms with van der Waals surface area (Å²) in [6, 6.07) is 19.2. The molecule has 118 valence electrons. The first-order valence-electron chi connectivity index (χ1n) is 7.78. The fourth-order valence-electron chi connectivity index (χ4n) is 2.71. The quantitative estimate of drug-likeness (QED) is 0.540. The maximum Gasteiger partial charge on any atom is 0.338 e. The summed E-state index contributed by atoms with van der Waals surface area (Å²) in [6.45, 7) is 2.15. The van der Waals surface area contributed by atoms with Crippen LogP contribution in [0.25, 0.3) is 27.5 Å². The third-order valence-electron chi connectivity index (χ3n) is 3.89. The highest BCUT2D eigenvalue weighted by Gasteiger charge is 2.10. The first-order chi connectivity index (χ1) is 11.8. The minimum Gasteiger partial charge on any atom is -0.462 e. The van der Waals surface area contributed by atoms with Gasteiger partial charge in [0.05, 0.1) is 17.9 Å². The largest absolute Gasteiger partial charge is 0.462 e. The van der Waals surface area contributed by atoms with Gasteiger partial charge in [0.25, 0.3) is 0 Å². The van der Waals surface area contributed by atoms with Gasteiger partial charge in [0, 0.05) is 5.39 Å². The van der Waals surface area contributed by atoms with E-state index in [1.165, 1.54) is 0 Å². The van der Waals surface area contributed by atoms with Gasteiger partial charge in [-0.3, -0.25) is 0 Å². The van der Waals surface area contributed by atoms with Gasteiger partial charge in [0.15, 0.2) is 0 Å². The van der Waals surface area contributed by atoms with Crippen molar-refractivity contribution in [3.8, 4) is 5.69 Å². The van der Waals surface area contributed by atoms with Crippen LogP contribution in [0.4, 0.5) is 0 Å². The van der Waals surface area contributed by atoms with E-state index in [1.807, 2.05) is 42.5 Å². The van der Waals surface area contributed by atoms with E-state index in [-0.39, 0.29) is 5.97 Å². The molecule has 1 aromatic heterocycles. The molecule has 3 aromatic carbocycles. The average molecular weight is 317 g/mol. The molecular formula is C19H15N3O2. The zero-order valence-electron chi connectivity index (χ0n) is 13.1. The van der Waals surface area contributed by atoms with E-state index in [9.17, 15) is 4.79 Å². The second kappa shape index (κ2) is 5.77. The molecule has 0 unspecified atom stereocenters. The summed E-state index contributed by atoms with van der Waals surface area (Å²) in [5, 5.41) is 11.4. The lowest BCUT2D eigenvalue weighted by Gasteiger charge is -2.03. The Bertz CT molecular complexity index is 1040. The molecule has 5 nitrogen and oxygen atoms in total. The lowest BCUT2D eigenvalue weighted by molar-refractivity contribution is 0.0526. The molecule has 0 atom stereocenters. The molecule has 0 amide bonds. The maximum absolute atomic E-state index is 11.7. The molecule has 5 heteroatoms. The number of esters is 1. The Morgan fingerprint density at radius 1 is 1.00 bits per heavy atom. The van der Waals surface area contributed by atoms with Gasteiger partial charge in [-0.2, -0.15) is 4.80 Å². The summed E-state index contributed by atoms with van der Waals surface area (Å²) in [6.07, 6.45) is 0. The summed E-state index contributed by atoms with van der Waals surface area (Å²) in [5.41, 5.74) is 3.01. The van der Waals surface area contributed by atoms with Crippen molar-refractivity contribution >= 4 is 27.8 Å². The third-order valence-corrected chi connectivity index (χ3v) is 3.89. The summed E-state index contributed by atoms with van der Waals surface area (Å²) in [7, 11) is 0. The van der Waals surface area contributed by atoms with Gasteiger partial charge in [0.1, 0.15) is 11.0 Å². The SMILES string of the molecule is CCOC(=O)c1ccc(-n2nc3ccc4ccccc4c3n2)cc1. The van der Waals surface area contributed by atoms with Gasteiger partial charge in [-0.1, -0.05) is 30.3 Å². The van der Waals surface area contributed by atoms with E-state index in [2.05, 4.69) is 16.3 Å². The Hall–Kier alpha value is -3.21. The van der Waals surface area contributed by atoms with Gasteiger partial charge in [0.2, 0.25) is 0 Å². The summed E-state index contributed by atoms with van der Waals surface area (Å²) in [4.78, 5) is 13.3. The van der Waals surface area contributed by atoms with Crippen molar-refractivity contribution in [2.45, 2.75) is 6.92 Å². The second-order valence-corrected chi connectivity index (χ2v) is 5.41. The number of nitrogens with zero attached hydrogens (tertiary/aromatic N) is 3. The van der Waals surface area contributed by atoms with Gasteiger partial charge in [-0.05, 0) is 42.6 Å². The van der Waals surface area contributed by atoms with E-state index < -0.39 is 0 Å². The normalized spacial score (nSPS) is 11.0. The van der Waals surface area contributed by atoms with Crippen LogP contribution in [-0.2, 0) is 4.74 Å². The van der Waals surface area contributed by atoms with E-state index in [1.54, 1.807) is 23.9 Å². The fraction of sp³-hybridized carbons (Fsp3) is 0.105. The predicted molar refractivity (Wildman–Crippen MR) is 92.3 cm³/mol. The zero-order chi connectivity index (χ0) is 16.5. The Labute approximate surface area is 138 Å². The first-order valence-corrected chi connectivity index (χ1v) is 7.78. The van der Waals surface area contributed by atoms with Crippen LogP contribution in [0.3, 0.4) is 0 Å². The molecule has 4 rings (SSSR count). The molecule has 0 aliphatic carbocycles. The molecule has 1 heterocycles. The molecule has 0 spiro atoms. The second-order valence-electron chi connectivity index (χ2n) is 5.41. The third kappa shape index (κ3) is 2.40. The topological polar surface area (TPSA) is 57.0 Å². The van der Waals surface area contributed by atoms with Crippen LogP contribution in [0.1, 0.15) is 17.3 Å². The van der Waals surface area contributed by atoms with Crippen LogP contribution >= 0.6 is 0 Å². The Morgan fingerprint density at radius 3 is 2.58 bits per heavy atom. The molecule has 4 aromatic rings. The maximum atomic E-state index is 11.7. The van der Waals surface area contributed by atoms with Crippen molar-refractivity contribution in [3.63, 3.8) is 0 Å². The minimum absolute atomic E-state index is 0.325. The molecule has 0 saturated heterocycles. The Morgan fingerprint density at radius 2 is 1.79 bits per heavy atom. The molecule has 0 fully saturated rings. The van der Waals surface area contributed by atoms with Gasteiger partial charge >= 0.3 is 5.97 Å². The molecule has 0 aliphatic rings. The summed E-state index contributed by atoms with van der Waals surface area (Å²) in [5.74, 6) is -0.325. The number of rotatable bonds is 3. The molecule has 0 N–H and O–H groups in total. The number of hydrogen-bond acceptors (Lipinski definition) is 4. The summed E-state index contributed by atoms with van der Waals surface area (Å²) >= 11 is 0. The number of hydrogen-bond donors (Lipinski definition) is 0. The van der Waals surface area contributed by atoms with Crippen LogP contribution in [0.15, 0.2) is 60.7 Å². The Kier molecular flexibility index (Phi) is 3.46. The fourth-order valence-corrected chi connectivity index (χ4v) is 2.71. The number of ether oxygens (including phenoxy) is 1. The number of benzene rings is 3. The van der Waals surface area contributed by atoms with E-state index in [0.29, 0.717) is 12.2 Å². The van der Waals surface area contributed by atoms with Crippen LogP contribution in [0, 0.1) is 0 Å². The molecule has 0 saturated carbocycles. The van der Waals surface area contributed by atoms with Gasteiger partial charge < -0.3 is 4.74 Å². The number of carbonyl (C=O) groups excluding carboxylic acids is 1. The minimum atomic E-state index is -0.325. The van der Waals surface area contributed by atoms with Crippen LogP contribution in [0.2, 0.25) is 0 Å². The van der Waals surface area contributed by atoms with Crippen LogP contribution in [0.5, 0.6) is 0 Å². The molecule has 24 heavy (non-hydrogen) atoms. The van der Waals surface area contributed by atoms with Crippen LogP contribution < -0.4 is 0 Å². The van der Waals surface area contributed by atoms with Gasteiger partial charge in [-0.25, -0.2) is 4.79 Å². The van der Waals surface area contributed by atoms with Crippen molar-refractivity contribution in [2.24, 2.45) is 0 Å². The molecule has 0 aliphatic heterocycles. The standard InChI is InChI=1S/C19H15N3O2/c1-2-24-19(23)14-7-10-15(11-8-14)22-20-17-12-9-13-5-3-4-6-16(13)18(17)21-22/h3-12H,2H2,1H3. The lowest BCUT2D eigenvalue weighted by atomic mass is 10.1. The lowest BCUT2D eigenvalue weighted by Crippen LogP contribution is -2.05. The molecule has 0 radical (unpaired) electrons. The summed E-state index contributed by atoms with van der Waals surface area (Å²) < 4.78 is 4.99. The smallest absolute Gasteiger partial charge is 0.338 e. The van der Waals surface area contributed by atoms with E-state index in [4.69, 9.17) is 4.74 Å². The molecular weight excluding hydrogens is 302 g/mol. The number of fused-ring (bicyclic) bond motifs is 3. The predicted octanol–water partition coefficient (Wildman–Crippen LogP) is 3.75. The Balaban J connectivity index is 1.76. The molecule has 0 bridgehead atoms. The van der Waals surface area contributed by atoms with Crippen molar-refractivity contribution in [3.05, 3.63) is 66.2 Å². The highest BCUT2D eigenvalue weighted by Crippen LogP contribution is 2.23.